The molecule has 4 nitrogen and oxygen atoms in total. The average Bonchev–Trinajstić information content (AvgIpc) is 2.79. The molecule has 0 saturated carbocycles. The molecular weight excluding hydrogens is 435 g/mol. The van der Waals surface area contributed by atoms with Gasteiger partial charge < -0.3 is 9.47 Å². The number of ether oxygens (including phenoxy) is 2. The first-order valence-electron chi connectivity index (χ1n) is 10.7. The van der Waals surface area contributed by atoms with E-state index in [2.05, 4.69) is 13.8 Å². The van der Waals surface area contributed by atoms with Crippen molar-refractivity contribution in [1.29, 1.82) is 0 Å². The van der Waals surface area contributed by atoms with Gasteiger partial charge in [0.05, 0.1) is 0 Å². The molecule has 2 aromatic carbocycles. The summed E-state index contributed by atoms with van der Waals surface area (Å²) in [6.45, 7) is 20.1. The summed E-state index contributed by atoms with van der Waals surface area (Å²) >= 11 is 10.4. The summed E-state index contributed by atoms with van der Waals surface area (Å²) < 4.78 is 9.61. The van der Waals surface area contributed by atoms with Gasteiger partial charge in [-0.3, -0.25) is 0 Å². The Bertz CT molecular complexity index is 648. The minimum absolute atomic E-state index is 0.299. The smallest absolute Gasteiger partial charge is 0.409 e. The maximum Gasteiger partial charge on any atom is 0.409 e. The Balaban J connectivity index is -0.000000879. The summed E-state index contributed by atoms with van der Waals surface area (Å²) in [5, 5.41) is 0. The van der Waals surface area contributed by atoms with E-state index in [1.165, 1.54) is 0 Å². The van der Waals surface area contributed by atoms with Crippen LogP contribution < -0.4 is 9.47 Å². The fraction of sp³-hybridized carbons (Fsp3) is 0.440. The maximum absolute atomic E-state index is 10.7. The summed E-state index contributed by atoms with van der Waals surface area (Å²) in [5.74, 6) is 0.767. The number of benzene rings is 2. The van der Waals surface area contributed by atoms with Gasteiger partial charge in [0.15, 0.2) is 0 Å². The molecule has 0 unspecified atom stereocenters. The van der Waals surface area contributed by atoms with Crippen LogP contribution in [0.15, 0.2) is 48.5 Å². The summed E-state index contributed by atoms with van der Waals surface area (Å²) in [6.07, 6.45) is 0. The van der Waals surface area contributed by atoms with E-state index < -0.39 is 10.9 Å². The summed E-state index contributed by atoms with van der Waals surface area (Å²) in [4.78, 5) is 21.4. The molecule has 0 aromatic heterocycles. The first kappa shape index (κ1) is 33.6. The monoisotopic (exact) mass is 472 g/mol. The second kappa shape index (κ2) is 19.9. The number of carbonyl (C=O) groups excluding carboxylic acids is 2. The van der Waals surface area contributed by atoms with E-state index in [4.69, 9.17) is 32.7 Å². The van der Waals surface area contributed by atoms with E-state index in [1.807, 2.05) is 79.7 Å². The van der Waals surface area contributed by atoms with Gasteiger partial charge in [-0.15, -0.1) is 0 Å². The molecule has 176 valence electrons. The maximum atomic E-state index is 10.7. The number of hydrogen-bond donors (Lipinski definition) is 0. The highest BCUT2D eigenvalue weighted by molar-refractivity contribution is 6.61. The van der Waals surface area contributed by atoms with Gasteiger partial charge >= 0.3 is 10.9 Å². The Labute approximate surface area is 198 Å². The van der Waals surface area contributed by atoms with Gasteiger partial charge in [0.1, 0.15) is 11.5 Å². The standard InChI is InChI=1S/C17H14Cl2O4.4C2H6/c1-17(2,11-3-7-13(8-4-11)22-15(18)20)12-5-9-14(10-6-12)23-16(19)21;4*1-2/h3-10H,1-2H3;4*1-2H3. The van der Waals surface area contributed by atoms with Crippen LogP contribution in [-0.4, -0.2) is 10.9 Å². The molecule has 2 aromatic rings. The number of rotatable bonds is 4. The minimum atomic E-state index is -0.874. The predicted molar refractivity (Wildman–Crippen MR) is 134 cm³/mol. The SMILES string of the molecule is CC.CC.CC.CC.CC(C)(c1ccc(OC(=O)Cl)cc1)c1ccc(OC(=O)Cl)cc1. The van der Waals surface area contributed by atoms with Gasteiger partial charge in [-0.2, -0.15) is 0 Å². The van der Waals surface area contributed by atoms with Crippen LogP contribution in [0, 0.1) is 0 Å². The van der Waals surface area contributed by atoms with Crippen LogP contribution in [0.2, 0.25) is 0 Å². The summed E-state index contributed by atoms with van der Waals surface area (Å²) in [6, 6.07) is 14.2. The zero-order valence-electron chi connectivity index (χ0n) is 20.5. The van der Waals surface area contributed by atoms with Crippen LogP contribution in [0.4, 0.5) is 9.59 Å². The van der Waals surface area contributed by atoms with Gasteiger partial charge in [0.25, 0.3) is 0 Å². The number of halogens is 2. The van der Waals surface area contributed by atoms with Gasteiger partial charge in [0.2, 0.25) is 0 Å². The first-order valence-corrected chi connectivity index (χ1v) is 11.5. The molecule has 31 heavy (non-hydrogen) atoms. The third kappa shape index (κ3) is 13.1. The van der Waals surface area contributed by atoms with E-state index in [0.29, 0.717) is 11.5 Å². The molecule has 0 spiro atoms. The molecular formula is C25H38Cl2O4. The normalized spacial score (nSPS) is 8.90. The fourth-order valence-corrected chi connectivity index (χ4v) is 2.41. The Kier molecular flexibility index (Phi) is 21.6. The topological polar surface area (TPSA) is 52.6 Å². The van der Waals surface area contributed by atoms with Gasteiger partial charge in [0, 0.05) is 28.6 Å². The molecule has 0 saturated heterocycles. The van der Waals surface area contributed by atoms with Crippen LogP contribution in [0.25, 0.3) is 0 Å². The van der Waals surface area contributed by atoms with Crippen molar-refractivity contribution >= 4 is 34.1 Å². The van der Waals surface area contributed by atoms with Crippen LogP contribution in [0.1, 0.15) is 80.4 Å². The first-order chi connectivity index (χ1) is 14.8. The molecule has 0 bridgehead atoms. The van der Waals surface area contributed by atoms with E-state index in [9.17, 15) is 9.59 Å². The van der Waals surface area contributed by atoms with Crippen LogP contribution in [0.5, 0.6) is 11.5 Å². The van der Waals surface area contributed by atoms with Crippen molar-refractivity contribution in [3.8, 4) is 11.5 Å². The second-order valence-corrected chi connectivity index (χ2v) is 5.97. The molecule has 0 amide bonds. The molecule has 0 aliphatic carbocycles. The van der Waals surface area contributed by atoms with Crippen molar-refractivity contribution < 1.29 is 19.1 Å². The second-order valence-electron chi connectivity index (χ2n) is 5.35. The zero-order chi connectivity index (χ0) is 25.0. The molecule has 0 aliphatic rings. The Morgan fingerprint density at radius 1 is 0.581 bits per heavy atom. The van der Waals surface area contributed by atoms with Crippen molar-refractivity contribution in [1.82, 2.24) is 0 Å². The lowest BCUT2D eigenvalue weighted by Crippen LogP contribution is -2.18. The number of carbonyl (C=O) groups is 2. The molecule has 0 aliphatic heterocycles. The Morgan fingerprint density at radius 3 is 1.00 bits per heavy atom. The van der Waals surface area contributed by atoms with Crippen molar-refractivity contribution in [3.63, 3.8) is 0 Å². The van der Waals surface area contributed by atoms with E-state index in [1.54, 1.807) is 24.3 Å². The Morgan fingerprint density at radius 2 is 0.806 bits per heavy atom. The zero-order valence-corrected chi connectivity index (χ0v) is 22.0. The Hall–Kier alpha value is -2.04. The molecule has 0 N–H and O–H groups in total. The number of hydrogen-bond acceptors (Lipinski definition) is 4. The summed E-state index contributed by atoms with van der Waals surface area (Å²) in [7, 11) is 0. The summed E-state index contributed by atoms with van der Waals surface area (Å²) in [5.41, 5.74) is -0.00157. The van der Waals surface area contributed by atoms with Gasteiger partial charge in [-0.05, 0) is 35.4 Å². The fourth-order valence-electron chi connectivity index (χ4n) is 2.23. The molecule has 0 fully saturated rings. The van der Waals surface area contributed by atoms with Crippen molar-refractivity contribution in [3.05, 3.63) is 59.7 Å². The average molecular weight is 473 g/mol. The van der Waals surface area contributed by atoms with Crippen molar-refractivity contribution in [2.45, 2.75) is 74.7 Å². The van der Waals surface area contributed by atoms with Crippen LogP contribution >= 0.6 is 23.2 Å². The predicted octanol–water partition coefficient (Wildman–Crippen LogP) is 9.59. The molecule has 0 heterocycles. The third-order valence-corrected chi connectivity index (χ3v) is 3.70. The van der Waals surface area contributed by atoms with E-state index >= 15 is 0 Å². The molecule has 2 rings (SSSR count). The highest BCUT2D eigenvalue weighted by Crippen LogP contribution is 2.33. The van der Waals surface area contributed by atoms with Crippen molar-refractivity contribution in [2.24, 2.45) is 0 Å². The van der Waals surface area contributed by atoms with Crippen LogP contribution in [0.3, 0.4) is 0 Å². The van der Waals surface area contributed by atoms with Crippen LogP contribution in [-0.2, 0) is 5.41 Å². The highest BCUT2D eigenvalue weighted by atomic mass is 35.5. The lowest BCUT2D eigenvalue weighted by molar-refractivity contribution is 0.224. The third-order valence-electron chi connectivity index (χ3n) is 3.55. The molecule has 6 heteroatoms. The quantitative estimate of drug-likeness (QED) is 0.415. The van der Waals surface area contributed by atoms with Crippen molar-refractivity contribution in [2.75, 3.05) is 0 Å². The van der Waals surface area contributed by atoms with Gasteiger partial charge in [-0.1, -0.05) is 93.5 Å². The minimum Gasteiger partial charge on any atom is -0.415 e. The van der Waals surface area contributed by atoms with E-state index in [-0.39, 0.29) is 5.41 Å². The largest absolute Gasteiger partial charge is 0.415 e. The lowest BCUT2D eigenvalue weighted by Gasteiger charge is -2.26. The highest BCUT2D eigenvalue weighted by Gasteiger charge is 2.23. The van der Waals surface area contributed by atoms with Gasteiger partial charge in [-0.25, -0.2) is 9.59 Å². The molecule has 0 radical (unpaired) electrons. The lowest BCUT2D eigenvalue weighted by atomic mass is 9.78. The molecule has 0 atom stereocenters. The van der Waals surface area contributed by atoms with E-state index in [0.717, 1.165) is 11.1 Å².